The molecule has 1 saturated carbocycles. The molecule has 1 aliphatic rings. The maximum Gasteiger partial charge on any atom is 0.314 e. The lowest BCUT2D eigenvalue weighted by Crippen LogP contribution is -2.39. The largest absolute Gasteiger partial charge is 0.481 e. The molecule has 0 aromatic rings. The van der Waals surface area contributed by atoms with Gasteiger partial charge in [-0.1, -0.05) is 0 Å². The van der Waals surface area contributed by atoms with Crippen molar-refractivity contribution in [2.75, 3.05) is 7.05 Å². The molecule has 1 aliphatic carbocycles. The Morgan fingerprint density at radius 1 is 1.38 bits per heavy atom. The number of carbonyl (C=O) groups excluding carboxylic acids is 1. The van der Waals surface area contributed by atoms with Gasteiger partial charge in [0.15, 0.2) is 0 Å². The van der Waals surface area contributed by atoms with E-state index in [1.807, 2.05) is 0 Å². The minimum atomic E-state index is -0.763. The number of amides is 2. The standard InChI is InChI=1S/C8H14N2O3/c1-9-8(13)10-6-3-2-5(4-6)7(11)12/h5-6H,2-4H2,1H3,(H,11,12)(H2,9,10,13). The molecular formula is C8H14N2O3. The first-order valence-corrected chi connectivity index (χ1v) is 4.34. The van der Waals surface area contributed by atoms with Crippen LogP contribution in [0.3, 0.4) is 0 Å². The van der Waals surface area contributed by atoms with Crippen LogP contribution in [0.15, 0.2) is 0 Å². The zero-order chi connectivity index (χ0) is 9.84. The molecule has 1 rings (SSSR count). The first kappa shape index (κ1) is 9.83. The van der Waals surface area contributed by atoms with Crippen LogP contribution in [-0.2, 0) is 4.79 Å². The van der Waals surface area contributed by atoms with E-state index in [2.05, 4.69) is 10.6 Å². The van der Waals surface area contributed by atoms with Crippen LogP contribution in [0.25, 0.3) is 0 Å². The van der Waals surface area contributed by atoms with E-state index < -0.39 is 5.97 Å². The highest BCUT2D eigenvalue weighted by molar-refractivity contribution is 5.74. The molecule has 5 heteroatoms. The molecule has 0 aromatic carbocycles. The highest BCUT2D eigenvalue weighted by Gasteiger charge is 2.30. The summed E-state index contributed by atoms with van der Waals surface area (Å²) in [5.41, 5.74) is 0. The van der Waals surface area contributed by atoms with Crippen molar-refractivity contribution in [3.8, 4) is 0 Å². The molecule has 5 nitrogen and oxygen atoms in total. The van der Waals surface area contributed by atoms with Crippen molar-refractivity contribution in [3.05, 3.63) is 0 Å². The predicted molar refractivity (Wildman–Crippen MR) is 46.4 cm³/mol. The van der Waals surface area contributed by atoms with E-state index in [1.54, 1.807) is 7.05 Å². The van der Waals surface area contributed by atoms with E-state index in [0.717, 1.165) is 6.42 Å². The van der Waals surface area contributed by atoms with E-state index in [-0.39, 0.29) is 18.0 Å². The van der Waals surface area contributed by atoms with Crippen LogP contribution < -0.4 is 10.6 Å². The van der Waals surface area contributed by atoms with Crippen molar-refractivity contribution in [3.63, 3.8) is 0 Å². The zero-order valence-electron chi connectivity index (χ0n) is 7.54. The van der Waals surface area contributed by atoms with Crippen molar-refractivity contribution in [1.82, 2.24) is 10.6 Å². The van der Waals surface area contributed by atoms with E-state index in [9.17, 15) is 9.59 Å². The van der Waals surface area contributed by atoms with Crippen molar-refractivity contribution in [1.29, 1.82) is 0 Å². The first-order valence-electron chi connectivity index (χ1n) is 4.34. The highest BCUT2D eigenvalue weighted by atomic mass is 16.4. The molecular weight excluding hydrogens is 172 g/mol. The Morgan fingerprint density at radius 3 is 2.54 bits per heavy atom. The van der Waals surface area contributed by atoms with Gasteiger partial charge in [-0.25, -0.2) is 4.79 Å². The zero-order valence-corrected chi connectivity index (χ0v) is 7.54. The summed E-state index contributed by atoms with van der Waals surface area (Å²) in [5, 5.41) is 13.8. The molecule has 0 saturated heterocycles. The van der Waals surface area contributed by atoms with Gasteiger partial charge in [-0.2, -0.15) is 0 Å². The Bertz CT molecular complexity index is 217. The summed E-state index contributed by atoms with van der Waals surface area (Å²) in [4.78, 5) is 21.4. The van der Waals surface area contributed by atoms with Gasteiger partial charge < -0.3 is 15.7 Å². The van der Waals surface area contributed by atoms with Gasteiger partial charge in [0.05, 0.1) is 5.92 Å². The van der Waals surface area contributed by atoms with Crippen LogP contribution in [0.2, 0.25) is 0 Å². The minimum Gasteiger partial charge on any atom is -0.481 e. The van der Waals surface area contributed by atoms with Crippen molar-refractivity contribution in [2.45, 2.75) is 25.3 Å². The Hall–Kier alpha value is -1.26. The third-order valence-electron chi connectivity index (χ3n) is 2.34. The predicted octanol–water partition coefficient (Wildman–Crippen LogP) is 0.169. The van der Waals surface area contributed by atoms with Gasteiger partial charge >= 0.3 is 12.0 Å². The van der Waals surface area contributed by atoms with Gasteiger partial charge in [0.1, 0.15) is 0 Å². The molecule has 2 amide bonds. The SMILES string of the molecule is CNC(=O)NC1CCC(C(=O)O)C1. The van der Waals surface area contributed by atoms with Gasteiger partial charge in [-0.15, -0.1) is 0 Å². The number of carbonyl (C=O) groups is 2. The highest BCUT2D eigenvalue weighted by Crippen LogP contribution is 2.25. The third kappa shape index (κ3) is 2.61. The van der Waals surface area contributed by atoms with Gasteiger partial charge in [-0.05, 0) is 19.3 Å². The van der Waals surface area contributed by atoms with Crippen molar-refractivity contribution in [2.24, 2.45) is 5.92 Å². The fourth-order valence-corrected chi connectivity index (χ4v) is 1.59. The second kappa shape index (κ2) is 4.11. The second-order valence-electron chi connectivity index (χ2n) is 3.27. The monoisotopic (exact) mass is 186 g/mol. The molecule has 0 aromatic heterocycles. The summed E-state index contributed by atoms with van der Waals surface area (Å²) in [5.74, 6) is -1.05. The molecule has 0 spiro atoms. The summed E-state index contributed by atoms with van der Waals surface area (Å²) >= 11 is 0. The average molecular weight is 186 g/mol. The van der Waals surface area contributed by atoms with Gasteiger partial charge in [0, 0.05) is 13.1 Å². The molecule has 0 heterocycles. The fourth-order valence-electron chi connectivity index (χ4n) is 1.59. The molecule has 0 radical (unpaired) electrons. The second-order valence-corrected chi connectivity index (χ2v) is 3.27. The number of rotatable bonds is 2. The topological polar surface area (TPSA) is 78.4 Å². The van der Waals surface area contributed by atoms with E-state index >= 15 is 0 Å². The third-order valence-corrected chi connectivity index (χ3v) is 2.34. The van der Waals surface area contributed by atoms with E-state index in [1.165, 1.54) is 0 Å². The Balaban J connectivity index is 2.33. The number of nitrogens with one attached hydrogen (secondary N) is 2. The number of urea groups is 1. The van der Waals surface area contributed by atoms with Crippen LogP contribution in [0.5, 0.6) is 0 Å². The lowest BCUT2D eigenvalue weighted by molar-refractivity contribution is -0.141. The van der Waals surface area contributed by atoms with Crippen LogP contribution in [-0.4, -0.2) is 30.2 Å². The maximum atomic E-state index is 10.9. The number of carboxylic acids is 1. The van der Waals surface area contributed by atoms with Crippen LogP contribution >= 0.6 is 0 Å². The number of hydrogen-bond donors (Lipinski definition) is 3. The van der Waals surface area contributed by atoms with Crippen molar-refractivity contribution < 1.29 is 14.7 Å². The molecule has 3 N–H and O–H groups in total. The van der Waals surface area contributed by atoms with Gasteiger partial charge in [0.2, 0.25) is 0 Å². The number of hydrogen-bond acceptors (Lipinski definition) is 2. The van der Waals surface area contributed by atoms with Crippen LogP contribution in [0, 0.1) is 5.92 Å². The maximum absolute atomic E-state index is 10.9. The summed E-state index contributed by atoms with van der Waals surface area (Å²) in [6, 6.07) is -0.225. The lowest BCUT2D eigenvalue weighted by Gasteiger charge is -2.11. The van der Waals surface area contributed by atoms with Crippen LogP contribution in [0.1, 0.15) is 19.3 Å². The molecule has 74 valence electrons. The number of aliphatic carboxylic acids is 1. The Kier molecular flexibility index (Phi) is 3.11. The quantitative estimate of drug-likeness (QED) is 0.575. The normalized spacial score (nSPS) is 26.8. The van der Waals surface area contributed by atoms with Crippen molar-refractivity contribution >= 4 is 12.0 Å². The summed E-state index contributed by atoms with van der Waals surface area (Å²) in [7, 11) is 1.54. The molecule has 0 aliphatic heterocycles. The van der Waals surface area contributed by atoms with E-state index in [4.69, 9.17) is 5.11 Å². The summed E-state index contributed by atoms with van der Waals surface area (Å²) in [6.45, 7) is 0. The lowest BCUT2D eigenvalue weighted by atomic mass is 10.1. The first-order chi connectivity index (χ1) is 6.13. The smallest absolute Gasteiger partial charge is 0.314 e. The average Bonchev–Trinajstić information content (AvgIpc) is 2.52. The van der Waals surface area contributed by atoms with Gasteiger partial charge in [0.25, 0.3) is 0 Å². The minimum absolute atomic E-state index is 0.0149. The molecule has 13 heavy (non-hydrogen) atoms. The van der Waals surface area contributed by atoms with Gasteiger partial charge in [-0.3, -0.25) is 4.79 Å². The number of carboxylic acid groups (broad SMARTS) is 1. The molecule has 2 atom stereocenters. The van der Waals surface area contributed by atoms with E-state index in [0.29, 0.717) is 12.8 Å². The molecule has 0 bridgehead atoms. The Morgan fingerprint density at radius 2 is 2.08 bits per heavy atom. The summed E-state index contributed by atoms with van der Waals surface area (Å²) in [6.07, 6.45) is 1.96. The summed E-state index contributed by atoms with van der Waals surface area (Å²) < 4.78 is 0. The Labute approximate surface area is 76.5 Å². The fraction of sp³-hybridized carbons (Fsp3) is 0.750. The molecule has 1 fully saturated rings. The molecule has 2 unspecified atom stereocenters. The van der Waals surface area contributed by atoms with Crippen LogP contribution in [0.4, 0.5) is 4.79 Å².